The fourth-order valence-electron chi connectivity index (χ4n) is 2.79. The monoisotopic (exact) mass is 338 g/mol. The third kappa shape index (κ3) is 2.32. The summed E-state index contributed by atoms with van der Waals surface area (Å²) in [5.41, 5.74) is 2.39. The van der Waals surface area contributed by atoms with Crippen LogP contribution in [0.15, 0.2) is 42.5 Å². The second-order valence-corrected chi connectivity index (χ2v) is 5.83. The number of hydrogen-bond acceptors (Lipinski definition) is 5. The van der Waals surface area contributed by atoms with E-state index in [0.29, 0.717) is 39.8 Å². The van der Waals surface area contributed by atoms with E-state index in [1.165, 1.54) is 0 Å². The minimum absolute atomic E-state index is 0.129. The number of methoxy groups -OCH3 is 1. The van der Waals surface area contributed by atoms with Gasteiger partial charge in [0.25, 0.3) is 0 Å². The number of benzene rings is 2. The highest BCUT2D eigenvalue weighted by atomic mass is 32.1. The summed E-state index contributed by atoms with van der Waals surface area (Å²) in [5, 5.41) is 10.0. The van der Waals surface area contributed by atoms with Crippen LogP contribution in [0.1, 0.15) is 11.1 Å². The molecular weight excluding hydrogens is 324 g/mol. The Labute approximate surface area is 143 Å². The van der Waals surface area contributed by atoms with Crippen LogP contribution in [0.3, 0.4) is 0 Å². The van der Waals surface area contributed by atoms with Gasteiger partial charge in [-0.2, -0.15) is 0 Å². The third-order valence-electron chi connectivity index (χ3n) is 3.99. The maximum Gasteiger partial charge on any atom is 0.205 e. The van der Waals surface area contributed by atoms with Gasteiger partial charge in [-0.1, -0.05) is 36.5 Å². The molecule has 2 N–H and O–H groups in total. The van der Waals surface area contributed by atoms with Gasteiger partial charge in [-0.3, -0.25) is 0 Å². The molecule has 0 bridgehead atoms. The van der Waals surface area contributed by atoms with Gasteiger partial charge in [0.2, 0.25) is 5.88 Å². The number of H-pyrrole nitrogens is 1. The third-order valence-corrected chi connectivity index (χ3v) is 4.33. The number of para-hydroxylation sites is 2. The number of hydrogen-bond donors (Lipinski definition) is 2. The highest BCUT2D eigenvalue weighted by Crippen LogP contribution is 2.42. The molecule has 0 unspecified atom stereocenters. The Morgan fingerprint density at radius 2 is 2.04 bits per heavy atom. The van der Waals surface area contributed by atoms with Crippen molar-refractivity contribution >= 4 is 12.2 Å². The van der Waals surface area contributed by atoms with Gasteiger partial charge in [0.05, 0.1) is 18.2 Å². The topological polar surface area (TPSA) is 67.4 Å². The Hall–Kier alpha value is -2.86. The number of phenolic OH excluding ortho intramolecular Hbond substituents is 1. The van der Waals surface area contributed by atoms with Gasteiger partial charge in [0, 0.05) is 12.0 Å². The molecule has 24 heavy (non-hydrogen) atoms. The minimum atomic E-state index is 0.129. The highest BCUT2D eigenvalue weighted by molar-refractivity contribution is 7.71. The lowest BCUT2D eigenvalue weighted by atomic mass is 10.0. The average Bonchev–Trinajstić information content (AvgIpc) is 2.60. The summed E-state index contributed by atoms with van der Waals surface area (Å²) in [6, 6.07) is 12.7. The molecule has 6 heteroatoms. The number of rotatable bonds is 2. The molecule has 5 nitrogen and oxygen atoms in total. The van der Waals surface area contributed by atoms with Gasteiger partial charge in [0.15, 0.2) is 11.5 Å². The molecule has 0 saturated heterocycles. The van der Waals surface area contributed by atoms with Crippen molar-refractivity contribution < 1.29 is 14.6 Å². The number of nitrogens with zero attached hydrogens (tertiary/aromatic N) is 1. The molecule has 3 aromatic rings. The van der Waals surface area contributed by atoms with Crippen molar-refractivity contribution in [2.75, 3.05) is 7.11 Å². The first kappa shape index (κ1) is 14.7. The normalized spacial score (nSPS) is 12.0. The maximum absolute atomic E-state index is 10.0. The number of aromatic hydroxyl groups is 1. The molecule has 4 rings (SSSR count). The molecule has 1 aromatic heterocycles. The zero-order valence-corrected chi connectivity index (χ0v) is 13.7. The minimum Gasteiger partial charge on any atom is -0.507 e. The molecule has 1 aliphatic heterocycles. The highest BCUT2D eigenvalue weighted by Gasteiger charge is 2.23. The molecular formula is C18H14N2O3S. The van der Waals surface area contributed by atoms with Crippen molar-refractivity contribution in [3.05, 3.63) is 58.2 Å². The number of phenols is 1. The Balaban J connectivity index is 1.86. The number of nitrogens with one attached hydrogen (secondary N) is 1. The first-order chi connectivity index (χ1) is 11.7. The Kier molecular flexibility index (Phi) is 3.46. The van der Waals surface area contributed by atoms with E-state index in [2.05, 4.69) is 9.97 Å². The molecule has 0 radical (unpaired) electrons. The van der Waals surface area contributed by atoms with E-state index in [9.17, 15) is 5.11 Å². The van der Waals surface area contributed by atoms with Crippen molar-refractivity contribution in [2.45, 2.75) is 6.42 Å². The first-order valence-electron chi connectivity index (χ1n) is 7.42. The summed E-state index contributed by atoms with van der Waals surface area (Å²) >= 11 is 5.44. The van der Waals surface area contributed by atoms with Crippen LogP contribution in [0.25, 0.3) is 11.4 Å². The Bertz CT molecular complexity index is 998. The SMILES string of the molecule is COc1cccc2c1Oc1[nH]c(-c3ccccc3O)nc(=S)c1C2. The lowest BCUT2D eigenvalue weighted by Crippen LogP contribution is -2.08. The van der Waals surface area contributed by atoms with Crippen LogP contribution in [0, 0.1) is 4.64 Å². The molecule has 0 amide bonds. The molecule has 0 atom stereocenters. The lowest BCUT2D eigenvalue weighted by molar-refractivity contribution is 0.365. The van der Waals surface area contributed by atoms with Gasteiger partial charge < -0.3 is 19.6 Å². The number of aromatic nitrogens is 2. The van der Waals surface area contributed by atoms with E-state index in [-0.39, 0.29) is 5.75 Å². The van der Waals surface area contributed by atoms with Crippen LogP contribution in [-0.2, 0) is 6.42 Å². The second kappa shape index (κ2) is 5.65. The van der Waals surface area contributed by atoms with Crippen LogP contribution in [0.5, 0.6) is 23.1 Å². The van der Waals surface area contributed by atoms with Crippen molar-refractivity contribution in [1.29, 1.82) is 0 Å². The fourth-order valence-corrected chi connectivity index (χ4v) is 3.05. The molecule has 0 fully saturated rings. The summed E-state index contributed by atoms with van der Waals surface area (Å²) in [4.78, 5) is 7.56. The molecule has 0 aliphatic carbocycles. The molecule has 2 aromatic carbocycles. The average molecular weight is 338 g/mol. The van der Waals surface area contributed by atoms with Gasteiger partial charge >= 0.3 is 0 Å². The van der Waals surface area contributed by atoms with Crippen LogP contribution in [-0.4, -0.2) is 22.2 Å². The van der Waals surface area contributed by atoms with E-state index >= 15 is 0 Å². The predicted molar refractivity (Wildman–Crippen MR) is 92.4 cm³/mol. The van der Waals surface area contributed by atoms with Crippen LogP contribution >= 0.6 is 12.2 Å². The van der Waals surface area contributed by atoms with E-state index in [1.54, 1.807) is 25.3 Å². The molecule has 0 spiro atoms. The quantitative estimate of drug-likeness (QED) is 0.536. The van der Waals surface area contributed by atoms with Crippen LogP contribution in [0.2, 0.25) is 0 Å². The van der Waals surface area contributed by atoms with Crippen molar-refractivity contribution in [3.8, 4) is 34.5 Å². The second-order valence-electron chi connectivity index (χ2n) is 5.44. The molecule has 0 saturated carbocycles. The van der Waals surface area contributed by atoms with Gasteiger partial charge in [-0.25, -0.2) is 4.98 Å². The molecule has 120 valence electrons. The molecule has 2 heterocycles. The number of fused-ring (bicyclic) bond motifs is 2. The van der Waals surface area contributed by atoms with Crippen molar-refractivity contribution in [1.82, 2.24) is 9.97 Å². The van der Waals surface area contributed by atoms with Crippen LogP contribution < -0.4 is 9.47 Å². The fraction of sp³-hybridized carbons (Fsp3) is 0.111. The summed E-state index contributed by atoms with van der Waals surface area (Å²) in [6.07, 6.45) is 0.616. The van der Waals surface area contributed by atoms with Crippen molar-refractivity contribution in [2.24, 2.45) is 0 Å². The standard InChI is InChI=1S/C18H14N2O3S/c1-22-14-8-4-5-10-9-12-17(23-15(10)14)19-16(20-18(12)24)11-6-2-3-7-13(11)21/h2-8,21H,9H2,1H3,(H,19,20,24). The number of ether oxygens (including phenoxy) is 2. The van der Waals surface area contributed by atoms with E-state index in [1.807, 2.05) is 24.3 Å². The van der Waals surface area contributed by atoms with E-state index in [0.717, 1.165) is 11.1 Å². The summed E-state index contributed by atoms with van der Waals surface area (Å²) < 4.78 is 11.8. The Morgan fingerprint density at radius 3 is 2.83 bits per heavy atom. The predicted octanol–water partition coefficient (Wildman–Crippen LogP) is 4.22. The lowest BCUT2D eigenvalue weighted by Gasteiger charge is -2.22. The van der Waals surface area contributed by atoms with Gasteiger partial charge in [-0.15, -0.1) is 0 Å². The first-order valence-corrected chi connectivity index (χ1v) is 7.83. The maximum atomic E-state index is 10.0. The van der Waals surface area contributed by atoms with Crippen LogP contribution in [0.4, 0.5) is 0 Å². The summed E-state index contributed by atoms with van der Waals surface area (Å²) in [5.74, 6) is 2.47. The smallest absolute Gasteiger partial charge is 0.205 e. The van der Waals surface area contributed by atoms with Crippen molar-refractivity contribution in [3.63, 3.8) is 0 Å². The van der Waals surface area contributed by atoms with Gasteiger partial charge in [-0.05, 0) is 18.2 Å². The zero-order valence-electron chi connectivity index (χ0n) is 12.9. The zero-order chi connectivity index (χ0) is 16.7. The molecule has 1 aliphatic rings. The summed E-state index contributed by atoms with van der Waals surface area (Å²) in [7, 11) is 1.61. The van der Waals surface area contributed by atoms with E-state index < -0.39 is 0 Å². The van der Waals surface area contributed by atoms with Gasteiger partial charge in [0.1, 0.15) is 16.2 Å². The number of aromatic amines is 1. The largest absolute Gasteiger partial charge is 0.507 e. The summed E-state index contributed by atoms with van der Waals surface area (Å²) in [6.45, 7) is 0. The Morgan fingerprint density at radius 1 is 1.21 bits per heavy atom. The van der Waals surface area contributed by atoms with E-state index in [4.69, 9.17) is 21.7 Å².